The highest BCUT2D eigenvalue weighted by Gasteiger charge is 2.48. The number of carbonyl (C=O) groups excluding carboxylic acids is 1. The van der Waals surface area contributed by atoms with Crippen molar-refractivity contribution < 1.29 is 14.7 Å². The van der Waals surface area contributed by atoms with Gasteiger partial charge in [0, 0.05) is 11.0 Å². The first kappa shape index (κ1) is 16.0. The van der Waals surface area contributed by atoms with E-state index >= 15 is 0 Å². The van der Waals surface area contributed by atoms with Gasteiger partial charge in [0.2, 0.25) is 5.91 Å². The molecule has 0 aromatic heterocycles. The van der Waals surface area contributed by atoms with Crippen LogP contribution in [0.4, 0.5) is 0 Å². The Morgan fingerprint density at radius 3 is 2.81 bits per heavy atom. The lowest BCUT2D eigenvalue weighted by atomic mass is 9.90. The van der Waals surface area contributed by atoms with Crippen LogP contribution in [-0.4, -0.2) is 34.0 Å². The van der Waals surface area contributed by atoms with Gasteiger partial charge in [0.1, 0.15) is 5.54 Å². The highest BCUT2D eigenvalue weighted by atomic mass is 79.9. The molecule has 1 saturated heterocycles. The van der Waals surface area contributed by atoms with Gasteiger partial charge in [-0.05, 0) is 37.0 Å². The molecular weight excluding hydrogens is 334 g/mol. The van der Waals surface area contributed by atoms with E-state index in [-0.39, 0.29) is 12.3 Å². The van der Waals surface area contributed by atoms with Crippen molar-refractivity contribution in [2.75, 3.05) is 6.54 Å². The van der Waals surface area contributed by atoms with Crippen LogP contribution in [0.1, 0.15) is 38.2 Å². The van der Waals surface area contributed by atoms with Crippen LogP contribution >= 0.6 is 15.9 Å². The smallest absolute Gasteiger partial charge is 0.329 e. The van der Waals surface area contributed by atoms with E-state index in [1.807, 2.05) is 31.2 Å². The predicted molar refractivity (Wildman–Crippen MR) is 84.1 cm³/mol. The minimum absolute atomic E-state index is 0.0959. The maximum absolute atomic E-state index is 12.6. The summed E-state index contributed by atoms with van der Waals surface area (Å²) in [6, 6.07) is 7.58. The molecule has 1 aliphatic heterocycles. The van der Waals surface area contributed by atoms with Crippen LogP contribution in [0, 0.1) is 0 Å². The summed E-state index contributed by atoms with van der Waals surface area (Å²) >= 11 is 3.39. The molecule has 5 heteroatoms. The Labute approximate surface area is 133 Å². The molecule has 114 valence electrons. The molecule has 1 heterocycles. The van der Waals surface area contributed by atoms with Gasteiger partial charge in [0.25, 0.3) is 0 Å². The molecule has 0 spiro atoms. The number of amides is 1. The number of aliphatic carboxylic acids is 1. The van der Waals surface area contributed by atoms with Crippen molar-refractivity contribution >= 4 is 27.8 Å². The fraction of sp³-hybridized carbons (Fsp3) is 0.500. The van der Waals surface area contributed by atoms with Gasteiger partial charge < -0.3 is 10.0 Å². The van der Waals surface area contributed by atoms with Crippen LogP contribution in [0.3, 0.4) is 0 Å². The van der Waals surface area contributed by atoms with Gasteiger partial charge in [-0.2, -0.15) is 0 Å². The molecule has 0 aliphatic carbocycles. The van der Waals surface area contributed by atoms with Crippen LogP contribution < -0.4 is 0 Å². The number of benzene rings is 1. The van der Waals surface area contributed by atoms with Gasteiger partial charge in [-0.15, -0.1) is 0 Å². The molecule has 1 unspecified atom stereocenters. The van der Waals surface area contributed by atoms with Crippen molar-refractivity contribution in [2.45, 2.75) is 44.6 Å². The number of likely N-dealkylation sites (tertiary alicyclic amines) is 1. The van der Waals surface area contributed by atoms with Crippen molar-refractivity contribution in [1.82, 2.24) is 4.90 Å². The van der Waals surface area contributed by atoms with E-state index in [0.29, 0.717) is 19.4 Å². The van der Waals surface area contributed by atoms with E-state index in [0.717, 1.165) is 22.9 Å². The molecule has 1 N–H and O–H groups in total. The lowest BCUT2D eigenvalue weighted by Crippen LogP contribution is -2.53. The SMILES string of the molecule is CCCC1(C(=O)O)CCCN1C(=O)Cc1cccc(Br)c1. The van der Waals surface area contributed by atoms with Crippen LogP contribution in [0.15, 0.2) is 28.7 Å². The highest BCUT2D eigenvalue weighted by Crippen LogP contribution is 2.34. The average molecular weight is 354 g/mol. The number of halogens is 1. The number of nitrogens with zero attached hydrogens (tertiary/aromatic N) is 1. The first-order valence-electron chi connectivity index (χ1n) is 7.28. The Morgan fingerprint density at radius 2 is 2.19 bits per heavy atom. The predicted octanol–water partition coefficient (Wildman–Crippen LogP) is 3.24. The van der Waals surface area contributed by atoms with Gasteiger partial charge in [-0.3, -0.25) is 4.79 Å². The van der Waals surface area contributed by atoms with Crippen LogP contribution in [0.25, 0.3) is 0 Å². The lowest BCUT2D eigenvalue weighted by molar-refractivity contribution is -0.156. The summed E-state index contributed by atoms with van der Waals surface area (Å²) in [5.74, 6) is -0.967. The molecule has 1 fully saturated rings. The van der Waals surface area contributed by atoms with Gasteiger partial charge in [0.15, 0.2) is 0 Å². The number of carboxylic acid groups (broad SMARTS) is 1. The van der Waals surface area contributed by atoms with Crippen molar-refractivity contribution in [3.05, 3.63) is 34.3 Å². The topological polar surface area (TPSA) is 57.6 Å². The number of hydrogen-bond donors (Lipinski definition) is 1. The van der Waals surface area contributed by atoms with E-state index in [4.69, 9.17) is 0 Å². The minimum atomic E-state index is -1.00. The monoisotopic (exact) mass is 353 g/mol. The third-order valence-electron chi connectivity index (χ3n) is 4.10. The number of rotatable bonds is 5. The molecule has 1 amide bonds. The number of carboxylic acids is 1. The molecule has 1 atom stereocenters. The normalized spacial score (nSPS) is 21.5. The summed E-state index contributed by atoms with van der Waals surface area (Å²) in [5, 5.41) is 9.62. The fourth-order valence-electron chi connectivity index (χ4n) is 3.16. The number of carbonyl (C=O) groups is 2. The molecule has 21 heavy (non-hydrogen) atoms. The van der Waals surface area contributed by atoms with Crippen LogP contribution in [-0.2, 0) is 16.0 Å². The molecule has 4 nitrogen and oxygen atoms in total. The molecule has 1 aromatic carbocycles. The Bertz CT molecular complexity index is 546. The summed E-state index contributed by atoms with van der Waals surface area (Å²) in [7, 11) is 0. The Hall–Kier alpha value is -1.36. The summed E-state index contributed by atoms with van der Waals surface area (Å²) in [5.41, 5.74) is -0.102. The molecule has 2 rings (SSSR count). The fourth-order valence-corrected chi connectivity index (χ4v) is 3.61. The van der Waals surface area contributed by atoms with E-state index < -0.39 is 11.5 Å². The van der Waals surface area contributed by atoms with Crippen molar-refractivity contribution in [3.63, 3.8) is 0 Å². The largest absolute Gasteiger partial charge is 0.479 e. The molecule has 0 saturated carbocycles. The second-order valence-corrected chi connectivity index (χ2v) is 6.46. The second-order valence-electron chi connectivity index (χ2n) is 5.54. The van der Waals surface area contributed by atoms with Crippen LogP contribution in [0.2, 0.25) is 0 Å². The summed E-state index contributed by atoms with van der Waals surface area (Å²) in [4.78, 5) is 25.9. The van der Waals surface area contributed by atoms with E-state index in [9.17, 15) is 14.7 Å². The standard InChI is InChI=1S/C16H20BrNO3/c1-2-7-16(15(20)21)8-4-9-18(16)14(19)11-12-5-3-6-13(17)10-12/h3,5-6,10H,2,4,7-9,11H2,1H3,(H,20,21). The molecular formula is C16H20BrNO3. The molecule has 1 aromatic rings. The van der Waals surface area contributed by atoms with Crippen molar-refractivity contribution in [2.24, 2.45) is 0 Å². The van der Waals surface area contributed by atoms with Crippen molar-refractivity contribution in [3.8, 4) is 0 Å². The maximum atomic E-state index is 12.6. The number of hydrogen-bond acceptors (Lipinski definition) is 2. The first-order chi connectivity index (χ1) is 9.99. The van der Waals surface area contributed by atoms with Gasteiger partial charge in [0.05, 0.1) is 6.42 Å². The van der Waals surface area contributed by atoms with Gasteiger partial charge >= 0.3 is 5.97 Å². The van der Waals surface area contributed by atoms with E-state index in [1.165, 1.54) is 0 Å². The lowest BCUT2D eigenvalue weighted by Gasteiger charge is -2.34. The third kappa shape index (κ3) is 3.28. The average Bonchev–Trinajstić information content (AvgIpc) is 2.84. The Balaban J connectivity index is 2.19. The third-order valence-corrected chi connectivity index (χ3v) is 4.59. The summed E-state index contributed by atoms with van der Waals surface area (Å²) in [6.45, 7) is 2.50. The first-order valence-corrected chi connectivity index (χ1v) is 8.07. The summed E-state index contributed by atoms with van der Waals surface area (Å²) < 4.78 is 0.923. The molecule has 0 radical (unpaired) electrons. The van der Waals surface area contributed by atoms with Gasteiger partial charge in [-0.25, -0.2) is 4.79 Å². The zero-order valence-electron chi connectivity index (χ0n) is 12.1. The zero-order chi connectivity index (χ0) is 15.5. The molecule has 1 aliphatic rings. The quantitative estimate of drug-likeness (QED) is 0.883. The molecule has 0 bridgehead atoms. The highest BCUT2D eigenvalue weighted by molar-refractivity contribution is 9.10. The second kappa shape index (κ2) is 6.60. The minimum Gasteiger partial charge on any atom is -0.479 e. The Kier molecular flexibility index (Phi) is 5.04. The zero-order valence-corrected chi connectivity index (χ0v) is 13.7. The Morgan fingerprint density at radius 1 is 1.43 bits per heavy atom. The van der Waals surface area contributed by atoms with Gasteiger partial charge in [-0.1, -0.05) is 41.4 Å². The van der Waals surface area contributed by atoms with Crippen molar-refractivity contribution in [1.29, 1.82) is 0 Å². The van der Waals surface area contributed by atoms with E-state index in [1.54, 1.807) is 4.90 Å². The van der Waals surface area contributed by atoms with E-state index in [2.05, 4.69) is 15.9 Å². The van der Waals surface area contributed by atoms with Crippen LogP contribution in [0.5, 0.6) is 0 Å². The summed E-state index contributed by atoms with van der Waals surface area (Å²) in [6.07, 6.45) is 2.84. The maximum Gasteiger partial charge on any atom is 0.329 e.